The summed E-state index contributed by atoms with van der Waals surface area (Å²) in [7, 11) is 0. The van der Waals surface area contributed by atoms with Crippen molar-refractivity contribution in [2.45, 2.75) is 38.7 Å². The van der Waals surface area contributed by atoms with Gasteiger partial charge in [-0.1, -0.05) is 0 Å². The van der Waals surface area contributed by atoms with Crippen molar-refractivity contribution in [2.75, 3.05) is 26.3 Å². The summed E-state index contributed by atoms with van der Waals surface area (Å²) in [5, 5.41) is 4.17. The van der Waals surface area contributed by atoms with E-state index >= 15 is 0 Å². The Morgan fingerprint density at radius 2 is 1.96 bits per heavy atom. The van der Waals surface area contributed by atoms with Gasteiger partial charge < -0.3 is 19.1 Å². The van der Waals surface area contributed by atoms with Crippen LogP contribution in [0.5, 0.6) is 5.75 Å². The summed E-state index contributed by atoms with van der Waals surface area (Å²) in [4.78, 5) is 18.8. The highest BCUT2D eigenvalue weighted by atomic mass is 16.6. The molecule has 2 saturated heterocycles. The molecular formula is C19H24N4O4. The van der Waals surface area contributed by atoms with E-state index in [4.69, 9.17) is 14.2 Å². The first-order chi connectivity index (χ1) is 13.1. The predicted octanol–water partition coefficient (Wildman–Crippen LogP) is 1.29. The number of amides is 1. The number of pyridine rings is 1. The summed E-state index contributed by atoms with van der Waals surface area (Å²) >= 11 is 0. The van der Waals surface area contributed by atoms with Crippen LogP contribution < -0.4 is 4.74 Å². The van der Waals surface area contributed by atoms with Crippen molar-refractivity contribution in [1.82, 2.24) is 19.7 Å². The highest BCUT2D eigenvalue weighted by Gasteiger charge is 2.40. The zero-order chi connectivity index (χ0) is 18.8. The highest BCUT2D eigenvalue weighted by molar-refractivity contribution is 5.92. The first kappa shape index (κ1) is 17.9. The summed E-state index contributed by atoms with van der Waals surface area (Å²) < 4.78 is 19.6. The first-order valence-corrected chi connectivity index (χ1v) is 9.27. The van der Waals surface area contributed by atoms with Gasteiger partial charge in [-0.15, -0.1) is 0 Å². The molecule has 2 aromatic rings. The number of aromatic nitrogens is 3. The maximum Gasteiger partial charge on any atom is 0.272 e. The molecule has 2 aliphatic rings. The normalized spacial score (nSPS) is 23.1. The van der Waals surface area contributed by atoms with Crippen LogP contribution in [0.1, 0.15) is 23.1 Å². The molecule has 1 amide bonds. The second kappa shape index (κ2) is 7.66. The largest absolute Gasteiger partial charge is 0.484 e. The fraction of sp³-hybridized carbons (Fsp3) is 0.526. The topological polar surface area (TPSA) is 78.7 Å². The van der Waals surface area contributed by atoms with Crippen molar-refractivity contribution in [3.05, 3.63) is 42.0 Å². The van der Waals surface area contributed by atoms with Gasteiger partial charge in [0.15, 0.2) is 0 Å². The van der Waals surface area contributed by atoms with Crippen molar-refractivity contribution in [1.29, 1.82) is 0 Å². The van der Waals surface area contributed by atoms with E-state index in [-0.39, 0.29) is 24.2 Å². The molecule has 0 aromatic carbocycles. The van der Waals surface area contributed by atoms with Gasteiger partial charge in [-0.05, 0) is 32.0 Å². The van der Waals surface area contributed by atoms with Crippen LogP contribution in [-0.4, -0.2) is 70.2 Å². The van der Waals surface area contributed by atoms with Crippen LogP contribution in [0.25, 0.3) is 0 Å². The number of ether oxygens (including phenoxy) is 3. The predicted molar refractivity (Wildman–Crippen MR) is 96.7 cm³/mol. The quantitative estimate of drug-likeness (QED) is 0.805. The van der Waals surface area contributed by atoms with Crippen LogP contribution in [-0.2, 0) is 16.0 Å². The molecule has 0 aliphatic carbocycles. The van der Waals surface area contributed by atoms with Gasteiger partial charge in [0, 0.05) is 31.5 Å². The van der Waals surface area contributed by atoms with Gasteiger partial charge in [-0.2, -0.15) is 5.10 Å². The van der Waals surface area contributed by atoms with E-state index in [1.807, 2.05) is 26.0 Å². The maximum atomic E-state index is 12.8. The average molecular weight is 372 g/mol. The highest BCUT2D eigenvalue weighted by Crippen LogP contribution is 2.23. The minimum Gasteiger partial charge on any atom is -0.484 e. The summed E-state index contributed by atoms with van der Waals surface area (Å²) in [5.74, 6) is 0.669. The summed E-state index contributed by atoms with van der Waals surface area (Å²) in [5.41, 5.74) is 1.54. The molecular weight excluding hydrogens is 348 g/mol. The van der Waals surface area contributed by atoms with Gasteiger partial charge in [0.1, 0.15) is 29.8 Å². The molecule has 0 bridgehead atoms. The number of hydrogen-bond donors (Lipinski definition) is 0. The Morgan fingerprint density at radius 3 is 2.59 bits per heavy atom. The number of carbonyl (C=O) groups is 1. The Morgan fingerprint density at radius 1 is 1.22 bits per heavy atom. The molecule has 0 spiro atoms. The van der Waals surface area contributed by atoms with Crippen molar-refractivity contribution in [3.8, 4) is 5.75 Å². The van der Waals surface area contributed by atoms with E-state index in [0.29, 0.717) is 44.3 Å². The number of nitrogens with zero attached hydrogens (tertiary/aromatic N) is 4. The summed E-state index contributed by atoms with van der Waals surface area (Å²) in [6.45, 7) is 6.42. The molecule has 0 radical (unpaired) electrons. The van der Waals surface area contributed by atoms with E-state index in [9.17, 15) is 4.79 Å². The minimum atomic E-state index is -0.189. The van der Waals surface area contributed by atoms with Crippen molar-refractivity contribution >= 4 is 5.91 Å². The summed E-state index contributed by atoms with van der Waals surface area (Å²) in [6.07, 6.45) is 2.89. The van der Waals surface area contributed by atoms with Crippen LogP contribution >= 0.6 is 0 Å². The first-order valence-electron chi connectivity index (χ1n) is 9.27. The molecule has 0 unspecified atom stereocenters. The van der Waals surface area contributed by atoms with Gasteiger partial charge >= 0.3 is 0 Å². The Bertz CT molecular complexity index is 775. The number of carbonyl (C=O) groups excluding carboxylic acids is 1. The molecule has 27 heavy (non-hydrogen) atoms. The second-order valence-electron chi connectivity index (χ2n) is 6.86. The van der Waals surface area contributed by atoms with Crippen LogP contribution in [0, 0.1) is 6.92 Å². The second-order valence-corrected chi connectivity index (χ2v) is 6.86. The van der Waals surface area contributed by atoms with Crippen molar-refractivity contribution in [2.24, 2.45) is 0 Å². The maximum absolute atomic E-state index is 12.8. The molecule has 2 aromatic heterocycles. The molecule has 0 saturated carbocycles. The smallest absolute Gasteiger partial charge is 0.272 e. The van der Waals surface area contributed by atoms with Gasteiger partial charge in [0.25, 0.3) is 5.91 Å². The van der Waals surface area contributed by atoms with E-state index in [1.165, 1.54) is 0 Å². The SMILES string of the molecule is CCn1nccc1C(=O)N1C[C@@H]2OCC(Oc3ccc(C)nc3)CO[C@H]2C1. The van der Waals surface area contributed by atoms with Gasteiger partial charge in [0.05, 0.1) is 19.4 Å². The van der Waals surface area contributed by atoms with Crippen LogP contribution in [0.2, 0.25) is 0 Å². The lowest BCUT2D eigenvalue weighted by Gasteiger charge is -2.19. The third-order valence-corrected chi connectivity index (χ3v) is 4.92. The molecule has 8 heteroatoms. The number of aryl methyl sites for hydroxylation is 2. The molecule has 4 heterocycles. The molecule has 0 N–H and O–H groups in total. The van der Waals surface area contributed by atoms with E-state index < -0.39 is 0 Å². The molecule has 2 atom stereocenters. The van der Waals surface area contributed by atoms with Gasteiger partial charge in [-0.25, -0.2) is 0 Å². The molecule has 2 aliphatic heterocycles. The Hall–Kier alpha value is -2.45. The molecule has 2 fully saturated rings. The molecule has 4 rings (SSSR count). The van der Waals surface area contributed by atoms with E-state index in [0.717, 1.165) is 5.69 Å². The minimum absolute atomic E-state index is 0.0341. The molecule has 8 nitrogen and oxygen atoms in total. The lowest BCUT2D eigenvalue weighted by atomic mass is 10.3. The number of likely N-dealkylation sites (tertiary alicyclic amines) is 1. The Labute approximate surface area is 158 Å². The van der Waals surface area contributed by atoms with Crippen molar-refractivity contribution in [3.63, 3.8) is 0 Å². The number of hydrogen-bond acceptors (Lipinski definition) is 6. The average Bonchev–Trinajstić information content (AvgIpc) is 3.28. The van der Waals surface area contributed by atoms with Crippen LogP contribution in [0.4, 0.5) is 0 Å². The fourth-order valence-electron chi connectivity index (χ4n) is 3.45. The van der Waals surface area contributed by atoms with Crippen LogP contribution in [0.15, 0.2) is 30.6 Å². The third kappa shape index (κ3) is 3.81. The molecule has 144 valence electrons. The van der Waals surface area contributed by atoms with Gasteiger partial charge in [-0.3, -0.25) is 14.5 Å². The Balaban J connectivity index is 1.35. The summed E-state index contributed by atoms with van der Waals surface area (Å²) in [6, 6.07) is 5.56. The van der Waals surface area contributed by atoms with Crippen molar-refractivity contribution < 1.29 is 19.0 Å². The van der Waals surface area contributed by atoms with E-state index in [2.05, 4.69) is 10.1 Å². The zero-order valence-electron chi connectivity index (χ0n) is 15.6. The van der Waals surface area contributed by atoms with Crippen LogP contribution in [0.3, 0.4) is 0 Å². The monoisotopic (exact) mass is 372 g/mol. The Kier molecular flexibility index (Phi) is 5.09. The third-order valence-electron chi connectivity index (χ3n) is 4.92. The van der Waals surface area contributed by atoms with E-state index in [1.54, 1.807) is 28.0 Å². The fourth-order valence-corrected chi connectivity index (χ4v) is 3.45. The zero-order valence-corrected chi connectivity index (χ0v) is 15.6. The lowest BCUT2D eigenvalue weighted by Crippen LogP contribution is -2.34. The lowest BCUT2D eigenvalue weighted by molar-refractivity contribution is -0.00461. The number of rotatable bonds is 4. The number of fused-ring (bicyclic) bond motifs is 1. The van der Waals surface area contributed by atoms with Gasteiger partial charge in [0.2, 0.25) is 0 Å². The standard InChI is InChI=1S/C19H24N4O4/c1-3-23-16(6-7-21-23)19(24)22-9-17-18(10-22)26-12-15(11-25-17)27-14-5-4-13(2)20-8-14/h4-8,15,17-18H,3,9-12H2,1-2H3/t17-,18-/m0/s1.